The molecule has 0 bridgehead atoms. The van der Waals surface area contributed by atoms with E-state index >= 15 is 0 Å². The predicted octanol–water partition coefficient (Wildman–Crippen LogP) is 2.91. The van der Waals surface area contributed by atoms with Crippen molar-refractivity contribution in [2.24, 2.45) is 0 Å². The summed E-state index contributed by atoms with van der Waals surface area (Å²) in [6.45, 7) is 8.48. The van der Waals surface area contributed by atoms with E-state index in [0.717, 1.165) is 30.0 Å². The lowest BCUT2D eigenvalue weighted by atomic mass is 10.0. The number of benzene rings is 1. The molecule has 92 valence electrons. The Bertz CT molecular complexity index is 452. The van der Waals surface area contributed by atoms with Crippen LogP contribution in [0.3, 0.4) is 0 Å². The van der Waals surface area contributed by atoms with Crippen molar-refractivity contribution < 1.29 is 9.53 Å². The lowest BCUT2D eigenvalue weighted by molar-refractivity contribution is -0.132. The number of hydrogen-bond acceptors (Lipinski definition) is 2. The third-order valence-corrected chi connectivity index (χ3v) is 2.98. The van der Waals surface area contributed by atoms with Crippen LogP contribution in [0, 0.1) is 6.92 Å². The largest absolute Gasteiger partial charge is 0.476 e. The fourth-order valence-electron chi connectivity index (χ4n) is 2.12. The standard InChI is InChI=1S/C14H19NO2/c1-5-8-15-11-7-6-10(2)9-12(11)17-14(3,4)13(15)16/h6-7,9H,5,8H2,1-4H3. The highest BCUT2D eigenvalue weighted by molar-refractivity contribution is 6.02. The van der Waals surface area contributed by atoms with Crippen LogP contribution >= 0.6 is 0 Å². The zero-order valence-corrected chi connectivity index (χ0v) is 10.9. The topological polar surface area (TPSA) is 29.5 Å². The molecular formula is C14H19NO2. The SMILES string of the molecule is CCCN1C(=O)C(C)(C)Oc2cc(C)ccc21. The van der Waals surface area contributed by atoms with Crippen molar-refractivity contribution in [2.75, 3.05) is 11.4 Å². The third kappa shape index (κ3) is 2.02. The second-order valence-electron chi connectivity index (χ2n) is 5.04. The molecule has 17 heavy (non-hydrogen) atoms. The van der Waals surface area contributed by atoms with Crippen LogP contribution in [0.4, 0.5) is 5.69 Å². The maximum Gasteiger partial charge on any atom is 0.270 e. The zero-order chi connectivity index (χ0) is 12.6. The summed E-state index contributed by atoms with van der Waals surface area (Å²) in [6, 6.07) is 5.97. The fraction of sp³-hybridized carbons (Fsp3) is 0.500. The second-order valence-corrected chi connectivity index (χ2v) is 5.04. The third-order valence-electron chi connectivity index (χ3n) is 2.98. The summed E-state index contributed by atoms with van der Waals surface area (Å²) in [5.41, 5.74) is 1.27. The van der Waals surface area contributed by atoms with E-state index in [0.29, 0.717) is 0 Å². The van der Waals surface area contributed by atoms with Crippen molar-refractivity contribution in [3.05, 3.63) is 23.8 Å². The van der Waals surface area contributed by atoms with Crippen LogP contribution in [-0.4, -0.2) is 18.1 Å². The molecule has 2 rings (SSSR count). The van der Waals surface area contributed by atoms with Gasteiger partial charge in [0, 0.05) is 6.54 Å². The summed E-state index contributed by atoms with van der Waals surface area (Å²) in [4.78, 5) is 14.1. The maximum absolute atomic E-state index is 12.3. The molecule has 1 heterocycles. The predicted molar refractivity (Wildman–Crippen MR) is 68.5 cm³/mol. The van der Waals surface area contributed by atoms with Crippen molar-refractivity contribution in [2.45, 2.75) is 39.7 Å². The quantitative estimate of drug-likeness (QED) is 0.786. The van der Waals surface area contributed by atoms with Crippen LogP contribution in [0.25, 0.3) is 0 Å². The summed E-state index contributed by atoms with van der Waals surface area (Å²) in [7, 11) is 0. The van der Waals surface area contributed by atoms with E-state index in [2.05, 4.69) is 6.92 Å². The van der Waals surface area contributed by atoms with Crippen LogP contribution in [-0.2, 0) is 4.79 Å². The minimum absolute atomic E-state index is 0.0377. The number of amides is 1. The van der Waals surface area contributed by atoms with Gasteiger partial charge in [0.15, 0.2) is 5.60 Å². The summed E-state index contributed by atoms with van der Waals surface area (Å²) < 4.78 is 5.80. The Morgan fingerprint density at radius 3 is 2.71 bits per heavy atom. The zero-order valence-electron chi connectivity index (χ0n) is 10.9. The number of hydrogen-bond donors (Lipinski definition) is 0. The number of rotatable bonds is 2. The molecule has 0 unspecified atom stereocenters. The minimum atomic E-state index is -0.768. The van der Waals surface area contributed by atoms with E-state index in [4.69, 9.17) is 4.74 Å². The van der Waals surface area contributed by atoms with E-state index in [1.54, 1.807) is 0 Å². The van der Waals surface area contributed by atoms with E-state index < -0.39 is 5.60 Å². The molecule has 3 heteroatoms. The first kappa shape index (κ1) is 12.0. The van der Waals surface area contributed by atoms with E-state index in [9.17, 15) is 4.79 Å². The normalized spacial score (nSPS) is 17.6. The van der Waals surface area contributed by atoms with Crippen molar-refractivity contribution in [3.63, 3.8) is 0 Å². The molecule has 0 N–H and O–H groups in total. The van der Waals surface area contributed by atoms with E-state index in [1.807, 2.05) is 43.9 Å². The first-order valence-electron chi connectivity index (χ1n) is 6.07. The number of carbonyl (C=O) groups excluding carboxylic acids is 1. The number of nitrogens with zero attached hydrogens (tertiary/aromatic N) is 1. The van der Waals surface area contributed by atoms with Crippen LogP contribution < -0.4 is 9.64 Å². The van der Waals surface area contributed by atoms with E-state index in [1.165, 1.54) is 0 Å². The maximum atomic E-state index is 12.3. The van der Waals surface area contributed by atoms with Gasteiger partial charge in [0.1, 0.15) is 5.75 Å². The highest BCUT2D eigenvalue weighted by Gasteiger charge is 2.40. The molecule has 1 aromatic carbocycles. The fourth-order valence-corrected chi connectivity index (χ4v) is 2.12. The Balaban J connectivity index is 2.50. The molecule has 1 amide bonds. The lowest BCUT2D eigenvalue weighted by Gasteiger charge is -2.38. The Labute approximate surface area is 102 Å². The number of fused-ring (bicyclic) bond motifs is 1. The van der Waals surface area contributed by atoms with Crippen molar-refractivity contribution in [1.29, 1.82) is 0 Å². The average Bonchev–Trinajstić information content (AvgIpc) is 2.24. The Morgan fingerprint density at radius 2 is 2.06 bits per heavy atom. The van der Waals surface area contributed by atoms with Gasteiger partial charge in [0.2, 0.25) is 0 Å². The van der Waals surface area contributed by atoms with Crippen LogP contribution in [0.1, 0.15) is 32.8 Å². The van der Waals surface area contributed by atoms with Crippen molar-refractivity contribution in [3.8, 4) is 5.75 Å². The molecule has 0 saturated carbocycles. The smallest absolute Gasteiger partial charge is 0.270 e. The summed E-state index contributed by atoms with van der Waals surface area (Å²) in [5, 5.41) is 0. The van der Waals surface area contributed by atoms with Crippen molar-refractivity contribution in [1.82, 2.24) is 0 Å². The lowest BCUT2D eigenvalue weighted by Crippen LogP contribution is -2.52. The van der Waals surface area contributed by atoms with Gasteiger partial charge in [-0.1, -0.05) is 13.0 Å². The number of anilines is 1. The molecule has 0 saturated heterocycles. The number of ether oxygens (including phenoxy) is 1. The molecular weight excluding hydrogens is 214 g/mol. The molecule has 0 aromatic heterocycles. The number of aryl methyl sites for hydroxylation is 1. The summed E-state index contributed by atoms with van der Waals surface area (Å²) >= 11 is 0. The minimum Gasteiger partial charge on any atom is -0.476 e. The van der Waals surface area contributed by atoms with Crippen molar-refractivity contribution >= 4 is 11.6 Å². The van der Waals surface area contributed by atoms with Gasteiger partial charge in [-0.15, -0.1) is 0 Å². The van der Waals surface area contributed by atoms with Crippen LogP contribution in [0.2, 0.25) is 0 Å². The van der Waals surface area contributed by atoms with Gasteiger partial charge in [0.05, 0.1) is 5.69 Å². The second kappa shape index (κ2) is 4.06. The van der Waals surface area contributed by atoms with Gasteiger partial charge in [-0.25, -0.2) is 0 Å². The van der Waals surface area contributed by atoms with Crippen LogP contribution in [0.5, 0.6) is 5.75 Å². The first-order valence-corrected chi connectivity index (χ1v) is 6.07. The van der Waals surface area contributed by atoms with Gasteiger partial charge in [-0.05, 0) is 44.9 Å². The van der Waals surface area contributed by atoms with Gasteiger partial charge in [0.25, 0.3) is 5.91 Å². The molecule has 3 nitrogen and oxygen atoms in total. The molecule has 0 atom stereocenters. The molecule has 1 aliphatic heterocycles. The molecule has 0 radical (unpaired) electrons. The molecule has 0 fully saturated rings. The molecule has 1 aromatic rings. The Kier molecular flexibility index (Phi) is 2.86. The van der Waals surface area contributed by atoms with Crippen LogP contribution in [0.15, 0.2) is 18.2 Å². The van der Waals surface area contributed by atoms with Gasteiger partial charge < -0.3 is 9.64 Å². The van der Waals surface area contributed by atoms with Gasteiger partial charge in [-0.3, -0.25) is 4.79 Å². The highest BCUT2D eigenvalue weighted by Crippen LogP contribution is 2.38. The Hall–Kier alpha value is -1.51. The molecule has 1 aliphatic rings. The van der Waals surface area contributed by atoms with E-state index in [-0.39, 0.29) is 5.91 Å². The summed E-state index contributed by atoms with van der Waals surface area (Å²) in [5.74, 6) is 0.846. The summed E-state index contributed by atoms with van der Waals surface area (Å²) in [6.07, 6.45) is 0.940. The van der Waals surface area contributed by atoms with Gasteiger partial charge >= 0.3 is 0 Å². The first-order chi connectivity index (χ1) is 7.95. The Morgan fingerprint density at radius 1 is 1.35 bits per heavy atom. The van der Waals surface area contributed by atoms with Gasteiger partial charge in [-0.2, -0.15) is 0 Å². The molecule has 0 aliphatic carbocycles. The molecule has 0 spiro atoms. The highest BCUT2D eigenvalue weighted by atomic mass is 16.5. The monoisotopic (exact) mass is 233 g/mol. The number of carbonyl (C=O) groups is 1. The average molecular weight is 233 g/mol.